The van der Waals surface area contributed by atoms with Crippen LogP contribution in [0.5, 0.6) is 11.5 Å². The summed E-state index contributed by atoms with van der Waals surface area (Å²) in [5, 5.41) is 11.9. The van der Waals surface area contributed by atoms with Crippen molar-refractivity contribution in [3.63, 3.8) is 0 Å². The SMILES string of the molecule is C=C(C)C(=O)NCC/C(=C\c1ccc(OC)c(OC)c1)C(=O)O. The summed E-state index contributed by atoms with van der Waals surface area (Å²) in [5.74, 6) is -0.248. The van der Waals surface area contributed by atoms with Crippen LogP contribution in [0.3, 0.4) is 0 Å². The van der Waals surface area contributed by atoms with Gasteiger partial charge in [-0.15, -0.1) is 0 Å². The maximum Gasteiger partial charge on any atom is 0.331 e. The van der Waals surface area contributed by atoms with Crippen LogP contribution in [-0.4, -0.2) is 37.7 Å². The minimum Gasteiger partial charge on any atom is -0.493 e. The number of hydrogen-bond donors (Lipinski definition) is 2. The molecule has 6 nitrogen and oxygen atoms in total. The number of carboxylic acids is 1. The Kier molecular flexibility index (Phi) is 6.86. The number of methoxy groups -OCH3 is 2. The highest BCUT2D eigenvalue weighted by Crippen LogP contribution is 2.28. The van der Waals surface area contributed by atoms with E-state index in [1.54, 1.807) is 25.1 Å². The zero-order chi connectivity index (χ0) is 17.4. The van der Waals surface area contributed by atoms with Crippen LogP contribution in [0.15, 0.2) is 35.9 Å². The average molecular weight is 319 g/mol. The molecule has 0 atom stereocenters. The van der Waals surface area contributed by atoms with Crippen molar-refractivity contribution in [3.8, 4) is 11.5 Å². The molecule has 1 rings (SSSR count). The van der Waals surface area contributed by atoms with Gasteiger partial charge in [0, 0.05) is 17.7 Å². The molecular weight excluding hydrogens is 298 g/mol. The van der Waals surface area contributed by atoms with Gasteiger partial charge in [-0.3, -0.25) is 4.79 Å². The van der Waals surface area contributed by atoms with Crippen molar-refractivity contribution in [2.24, 2.45) is 0 Å². The molecule has 0 spiro atoms. The summed E-state index contributed by atoms with van der Waals surface area (Å²) >= 11 is 0. The number of carbonyl (C=O) groups excluding carboxylic acids is 1. The van der Waals surface area contributed by atoms with Crippen LogP contribution in [-0.2, 0) is 9.59 Å². The van der Waals surface area contributed by atoms with Gasteiger partial charge in [-0.25, -0.2) is 4.79 Å². The van der Waals surface area contributed by atoms with Gasteiger partial charge in [-0.05, 0) is 37.1 Å². The normalized spacial score (nSPS) is 10.8. The lowest BCUT2D eigenvalue weighted by atomic mass is 10.1. The summed E-state index contributed by atoms with van der Waals surface area (Å²) in [6, 6.07) is 5.12. The van der Waals surface area contributed by atoms with Crippen molar-refractivity contribution >= 4 is 18.0 Å². The minimum absolute atomic E-state index is 0.180. The molecule has 0 aliphatic rings. The molecule has 1 aromatic rings. The highest BCUT2D eigenvalue weighted by molar-refractivity contribution is 5.93. The first kappa shape index (κ1) is 18.3. The van der Waals surface area contributed by atoms with Crippen molar-refractivity contribution in [1.29, 1.82) is 0 Å². The molecule has 0 unspecified atom stereocenters. The Morgan fingerprint density at radius 3 is 2.43 bits per heavy atom. The number of aliphatic carboxylic acids is 1. The van der Waals surface area contributed by atoms with E-state index in [4.69, 9.17) is 9.47 Å². The van der Waals surface area contributed by atoms with Gasteiger partial charge >= 0.3 is 5.97 Å². The third-order valence-corrected chi connectivity index (χ3v) is 3.09. The molecule has 0 saturated carbocycles. The first-order valence-corrected chi connectivity index (χ1v) is 6.98. The fraction of sp³-hybridized carbons (Fsp3) is 0.294. The summed E-state index contributed by atoms with van der Waals surface area (Å²) in [4.78, 5) is 22.7. The molecule has 0 aliphatic carbocycles. The number of amides is 1. The van der Waals surface area contributed by atoms with E-state index in [1.807, 2.05) is 0 Å². The highest BCUT2D eigenvalue weighted by Gasteiger charge is 2.10. The molecule has 0 bridgehead atoms. The van der Waals surface area contributed by atoms with Crippen LogP contribution < -0.4 is 14.8 Å². The summed E-state index contributed by atoms with van der Waals surface area (Å²) in [5.41, 5.74) is 1.23. The van der Waals surface area contributed by atoms with Crippen molar-refractivity contribution in [3.05, 3.63) is 41.5 Å². The number of carboxylic acid groups (broad SMARTS) is 1. The maximum absolute atomic E-state index is 11.4. The Morgan fingerprint density at radius 2 is 1.91 bits per heavy atom. The van der Waals surface area contributed by atoms with E-state index >= 15 is 0 Å². The van der Waals surface area contributed by atoms with E-state index in [0.717, 1.165) is 0 Å². The number of nitrogens with one attached hydrogen (secondary N) is 1. The second-order valence-electron chi connectivity index (χ2n) is 4.88. The average Bonchev–Trinajstić information content (AvgIpc) is 2.53. The Hall–Kier alpha value is -2.76. The Labute approximate surface area is 135 Å². The highest BCUT2D eigenvalue weighted by atomic mass is 16.5. The van der Waals surface area contributed by atoms with Crippen molar-refractivity contribution in [2.75, 3.05) is 20.8 Å². The second kappa shape index (κ2) is 8.63. The summed E-state index contributed by atoms with van der Waals surface area (Å²) in [7, 11) is 3.04. The maximum atomic E-state index is 11.4. The molecule has 23 heavy (non-hydrogen) atoms. The monoisotopic (exact) mass is 319 g/mol. The predicted molar refractivity (Wildman–Crippen MR) is 87.6 cm³/mol. The molecule has 0 aromatic heterocycles. The van der Waals surface area contributed by atoms with E-state index in [9.17, 15) is 14.7 Å². The zero-order valence-corrected chi connectivity index (χ0v) is 13.5. The van der Waals surface area contributed by atoms with E-state index < -0.39 is 5.97 Å². The molecule has 0 aliphatic heterocycles. The molecule has 1 aromatic carbocycles. The fourth-order valence-electron chi connectivity index (χ4n) is 1.85. The van der Waals surface area contributed by atoms with Crippen molar-refractivity contribution in [2.45, 2.75) is 13.3 Å². The smallest absolute Gasteiger partial charge is 0.331 e. The third-order valence-electron chi connectivity index (χ3n) is 3.09. The van der Waals surface area contributed by atoms with Crippen LogP contribution in [0.2, 0.25) is 0 Å². The zero-order valence-electron chi connectivity index (χ0n) is 13.5. The minimum atomic E-state index is -1.04. The summed E-state index contributed by atoms with van der Waals surface area (Å²) < 4.78 is 10.3. The number of benzene rings is 1. The lowest BCUT2D eigenvalue weighted by molar-refractivity contribution is -0.132. The summed E-state index contributed by atoms with van der Waals surface area (Å²) in [6.07, 6.45) is 1.74. The largest absolute Gasteiger partial charge is 0.493 e. The molecule has 124 valence electrons. The predicted octanol–water partition coefficient (Wildman–Crippen LogP) is 2.25. The number of hydrogen-bond acceptors (Lipinski definition) is 4. The molecule has 0 heterocycles. The van der Waals surface area contributed by atoms with E-state index in [-0.39, 0.29) is 24.4 Å². The van der Waals surface area contributed by atoms with E-state index in [2.05, 4.69) is 11.9 Å². The van der Waals surface area contributed by atoms with Gasteiger partial charge in [0.2, 0.25) is 5.91 Å². The Balaban J connectivity index is 2.88. The van der Waals surface area contributed by atoms with Crippen LogP contribution >= 0.6 is 0 Å². The quantitative estimate of drug-likeness (QED) is 0.718. The van der Waals surface area contributed by atoms with Gasteiger partial charge in [0.25, 0.3) is 0 Å². The van der Waals surface area contributed by atoms with E-state index in [1.165, 1.54) is 20.3 Å². The van der Waals surface area contributed by atoms with Gasteiger partial charge in [-0.1, -0.05) is 12.6 Å². The van der Waals surface area contributed by atoms with Crippen LogP contribution in [0.25, 0.3) is 6.08 Å². The molecule has 6 heteroatoms. The van der Waals surface area contributed by atoms with Crippen molar-refractivity contribution < 1.29 is 24.2 Å². The number of rotatable bonds is 8. The van der Waals surface area contributed by atoms with Gasteiger partial charge in [0.1, 0.15) is 0 Å². The first-order chi connectivity index (χ1) is 10.9. The van der Waals surface area contributed by atoms with Gasteiger partial charge in [0.05, 0.1) is 14.2 Å². The first-order valence-electron chi connectivity index (χ1n) is 6.98. The molecule has 1 amide bonds. The number of carbonyl (C=O) groups is 2. The standard InChI is InChI=1S/C17H21NO5/c1-11(2)16(19)18-8-7-13(17(20)21)9-12-5-6-14(22-3)15(10-12)23-4/h5-6,9-10H,1,7-8H2,2-4H3,(H,18,19)(H,20,21)/b13-9+. The Morgan fingerprint density at radius 1 is 1.26 bits per heavy atom. The molecule has 0 saturated heterocycles. The molecular formula is C17H21NO5. The van der Waals surface area contributed by atoms with Crippen LogP contribution in [0.4, 0.5) is 0 Å². The molecule has 0 radical (unpaired) electrons. The lowest BCUT2D eigenvalue weighted by Gasteiger charge is -2.09. The fourth-order valence-corrected chi connectivity index (χ4v) is 1.85. The lowest BCUT2D eigenvalue weighted by Crippen LogP contribution is -2.25. The van der Waals surface area contributed by atoms with Gasteiger partial charge in [-0.2, -0.15) is 0 Å². The van der Waals surface area contributed by atoms with Gasteiger partial charge < -0.3 is 19.9 Å². The van der Waals surface area contributed by atoms with Gasteiger partial charge in [0.15, 0.2) is 11.5 Å². The van der Waals surface area contributed by atoms with Crippen molar-refractivity contribution in [1.82, 2.24) is 5.32 Å². The molecule has 2 N–H and O–H groups in total. The Bertz CT molecular complexity index is 634. The number of ether oxygens (including phenoxy) is 2. The second-order valence-corrected chi connectivity index (χ2v) is 4.88. The van der Waals surface area contributed by atoms with E-state index in [0.29, 0.717) is 22.6 Å². The van der Waals surface area contributed by atoms with Crippen LogP contribution in [0.1, 0.15) is 18.9 Å². The van der Waals surface area contributed by atoms with Crippen LogP contribution in [0, 0.1) is 0 Å². The summed E-state index contributed by atoms with van der Waals surface area (Å²) in [6.45, 7) is 5.33. The third kappa shape index (κ3) is 5.50. The molecule has 0 fully saturated rings. The topological polar surface area (TPSA) is 84.9 Å².